The molecule has 0 radical (unpaired) electrons. The van der Waals surface area contributed by atoms with Crippen LogP contribution in [0.3, 0.4) is 0 Å². The Balaban J connectivity index is 1.30. The number of thiazole rings is 1. The van der Waals surface area contributed by atoms with Crippen LogP contribution in [0.25, 0.3) is 0 Å². The molecule has 3 atom stereocenters. The number of hydrogen-bond acceptors (Lipinski definition) is 12. The number of benzene rings is 3. The molecule has 262 valence electrons. The first-order chi connectivity index (χ1) is 24.7. The third kappa shape index (κ3) is 7.45. The Kier molecular flexibility index (Phi) is 10.7. The van der Waals surface area contributed by atoms with E-state index in [1.54, 1.807) is 54.6 Å². The average molecular weight is 732 g/mol. The SMILES string of the molecule is CON=C(C(=O)NC1C(=O)N(OC(=O)C2(C(c3ccccc3)c3ccccc3)CCC(=O)O2)OC1c1ccccc1)c1csc(NC(=O)CCl)n1. The molecule has 3 aromatic carbocycles. The Bertz CT molecular complexity index is 1910. The number of carbonyl (C=O) groups excluding carboxylic acids is 5. The van der Waals surface area contributed by atoms with Gasteiger partial charge < -0.3 is 25.0 Å². The van der Waals surface area contributed by atoms with Gasteiger partial charge in [0.25, 0.3) is 5.91 Å². The van der Waals surface area contributed by atoms with E-state index >= 15 is 0 Å². The Morgan fingerprint density at radius 1 is 1.02 bits per heavy atom. The molecule has 14 nitrogen and oxygen atoms in total. The average Bonchev–Trinajstić information content (AvgIpc) is 3.86. The number of cyclic esters (lactones) is 1. The molecule has 3 unspecified atom stereocenters. The van der Waals surface area contributed by atoms with Crippen LogP contribution in [0.15, 0.2) is 102 Å². The third-order valence-electron chi connectivity index (χ3n) is 8.12. The number of halogens is 1. The number of rotatable bonds is 12. The van der Waals surface area contributed by atoms with Crippen LogP contribution in [0.2, 0.25) is 0 Å². The zero-order valence-electron chi connectivity index (χ0n) is 26.9. The highest BCUT2D eigenvalue weighted by Crippen LogP contribution is 2.45. The van der Waals surface area contributed by atoms with Crippen LogP contribution in [0, 0.1) is 0 Å². The minimum absolute atomic E-state index is 0.0352. The molecule has 16 heteroatoms. The number of amides is 3. The van der Waals surface area contributed by atoms with Crippen molar-refractivity contribution in [2.24, 2.45) is 5.16 Å². The predicted molar refractivity (Wildman–Crippen MR) is 183 cm³/mol. The number of carbonyl (C=O) groups is 5. The summed E-state index contributed by atoms with van der Waals surface area (Å²) in [6.07, 6.45) is -1.28. The van der Waals surface area contributed by atoms with Crippen LogP contribution in [0.4, 0.5) is 5.13 Å². The number of nitrogens with zero attached hydrogens (tertiary/aromatic N) is 3. The quantitative estimate of drug-likeness (QED) is 0.0937. The standard InChI is InChI=1S/C35H30ClN5O9S/c1-47-40-28(24-20-51-34(37-24)38-25(42)19-36)31(44)39-29-30(23-15-9-4-10-16-23)49-41(32(29)45)50-33(46)35(18-17-26(43)48-35)27(21-11-5-2-6-12-21)22-13-7-3-8-14-22/h2-16,20,27,29-30H,17-19H2,1H3,(H,39,44)(H,37,38,42). The lowest BCUT2D eigenvalue weighted by atomic mass is 9.76. The fourth-order valence-corrected chi connectivity index (χ4v) is 6.67. The van der Waals surface area contributed by atoms with Crippen molar-refractivity contribution in [1.29, 1.82) is 0 Å². The third-order valence-corrected chi connectivity index (χ3v) is 9.13. The molecule has 0 spiro atoms. The van der Waals surface area contributed by atoms with Gasteiger partial charge in [-0.3, -0.25) is 19.2 Å². The minimum atomic E-state index is -1.87. The van der Waals surface area contributed by atoms with Gasteiger partial charge in [0.1, 0.15) is 30.8 Å². The van der Waals surface area contributed by atoms with E-state index in [-0.39, 0.29) is 35.3 Å². The Labute approximate surface area is 300 Å². The molecule has 2 fully saturated rings. The van der Waals surface area contributed by atoms with E-state index in [9.17, 15) is 24.0 Å². The van der Waals surface area contributed by atoms with E-state index in [0.717, 1.165) is 11.3 Å². The van der Waals surface area contributed by atoms with Gasteiger partial charge in [-0.05, 0) is 21.9 Å². The number of aromatic nitrogens is 1. The van der Waals surface area contributed by atoms with Crippen molar-refractivity contribution < 1.29 is 43.2 Å². The lowest BCUT2D eigenvalue weighted by Crippen LogP contribution is -2.50. The summed E-state index contributed by atoms with van der Waals surface area (Å²) in [4.78, 5) is 87.1. The summed E-state index contributed by atoms with van der Waals surface area (Å²) in [6.45, 7) is 0. The van der Waals surface area contributed by atoms with Crippen molar-refractivity contribution >= 4 is 63.4 Å². The van der Waals surface area contributed by atoms with Gasteiger partial charge in [-0.2, -0.15) is 0 Å². The Morgan fingerprint density at radius 3 is 2.22 bits per heavy atom. The predicted octanol–water partition coefficient (Wildman–Crippen LogP) is 4.04. The molecule has 0 saturated carbocycles. The number of alkyl halides is 1. The summed E-state index contributed by atoms with van der Waals surface area (Å²) < 4.78 is 5.82. The van der Waals surface area contributed by atoms with Crippen LogP contribution in [0.5, 0.6) is 0 Å². The molecule has 1 aromatic heterocycles. The Hall–Kier alpha value is -5.64. The number of hydroxylamine groups is 2. The van der Waals surface area contributed by atoms with Crippen molar-refractivity contribution in [1.82, 2.24) is 15.5 Å². The second kappa shape index (κ2) is 15.5. The van der Waals surface area contributed by atoms with Crippen molar-refractivity contribution in [2.75, 3.05) is 18.3 Å². The fraction of sp³-hybridized carbons (Fsp3) is 0.229. The molecule has 2 aliphatic rings. The second-order valence-electron chi connectivity index (χ2n) is 11.3. The Morgan fingerprint density at radius 2 is 1.65 bits per heavy atom. The zero-order valence-corrected chi connectivity index (χ0v) is 28.5. The maximum absolute atomic E-state index is 14.3. The normalized spacial score (nSPS) is 20.2. The van der Waals surface area contributed by atoms with Crippen molar-refractivity contribution in [3.63, 3.8) is 0 Å². The highest BCUT2D eigenvalue weighted by molar-refractivity contribution is 7.14. The fourth-order valence-electron chi connectivity index (χ4n) is 5.89. The highest BCUT2D eigenvalue weighted by Gasteiger charge is 2.58. The first-order valence-electron chi connectivity index (χ1n) is 15.6. The van der Waals surface area contributed by atoms with Crippen LogP contribution in [-0.4, -0.2) is 70.2 Å². The number of oxime groups is 1. The number of nitrogens with one attached hydrogen (secondary N) is 2. The van der Waals surface area contributed by atoms with Gasteiger partial charge in [-0.15, -0.1) is 22.9 Å². The zero-order chi connectivity index (χ0) is 36.0. The van der Waals surface area contributed by atoms with Crippen LogP contribution in [0.1, 0.15) is 47.2 Å². The van der Waals surface area contributed by atoms with E-state index in [2.05, 4.69) is 20.8 Å². The maximum atomic E-state index is 14.3. The molecule has 3 heterocycles. The summed E-state index contributed by atoms with van der Waals surface area (Å²) >= 11 is 6.58. The maximum Gasteiger partial charge on any atom is 0.379 e. The molecule has 0 aliphatic carbocycles. The number of anilines is 1. The van der Waals surface area contributed by atoms with E-state index in [4.69, 9.17) is 30.9 Å². The molecule has 2 saturated heterocycles. The molecule has 51 heavy (non-hydrogen) atoms. The molecule has 6 rings (SSSR count). The summed E-state index contributed by atoms with van der Waals surface area (Å²) in [5, 5.41) is 10.9. The van der Waals surface area contributed by atoms with Gasteiger partial charge in [-0.1, -0.05) is 96.2 Å². The van der Waals surface area contributed by atoms with Gasteiger partial charge in [-0.25, -0.2) is 14.6 Å². The van der Waals surface area contributed by atoms with Gasteiger partial charge >= 0.3 is 17.8 Å². The van der Waals surface area contributed by atoms with E-state index in [1.807, 2.05) is 36.4 Å². The van der Waals surface area contributed by atoms with Crippen molar-refractivity contribution in [3.8, 4) is 0 Å². The van der Waals surface area contributed by atoms with Crippen LogP contribution >= 0.6 is 22.9 Å². The van der Waals surface area contributed by atoms with E-state index in [1.165, 1.54) is 12.5 Å². The lowest BCUT2D eigenvalue weighted by Gasteiger charge is -2.34. The van der Waals surface area contributed by atoms with Gasteiger partial charge in [0.2, 0.25) is 11.5 Å². The number of hydrogen-bond donors (Lipinski definition) is 2. The second-order valence-corrected chi connectivity index (χ2v) is 12.4. The van der Waals surface area contributed by atoms with Crippen molar-refractivity contribution in [2.45, 2.75) is 36.5 Å². The molecule has 0 bridgehead atoms. The monoisotopic (exact) mass is 731 g/mol. The van der Waals surface area contributed by atoms with Crippen molar-refractivity contribution in [3.05, 3.63) is 119 Å². The molecule has 2 aliphatic heterocycles. The molecular formula is C35H30ClN5O9S. The summed E-state index contributed by atoms with van der Waals surface area (Å²) in [5.74, 6) is -5.09. The first-order valence-corrected chi connectivity index (χ1v) is 17.0. The summed E-state index contributed by atoms with van der Waals surface area (Å²) in [5.41, 5.74) is -0.337. The van der Waals surface area contributed by atoms with Gasteiger partial charge in [0, 0.05) is 18.2 Å². The topological polar surface area (TPSA) is 175 Å². The van der Waals surface area contributed by atoms with Crippen LogP contribution in [-0.2, 0) is 43.2 Å². The number of esters is 1. The smallest absolute Gasteiger partial charge is 0.379 e. The molecule has 2 N–H and O–H groups in total. The first kappa shape index (κ1) is 35.2. The highest BCUT2D eigenvalue weighted by atomic mass is 35.5. The molecular weight excluding hydrogens is 702 g/mol. The summed E-state index contributed by atoms with van der Waals surface area (Å²) in [7, 11) is 1.22. The van der Waals surface area contributed by atoms with E-state index in [0.29, 0.717) is 21.9 Å². The molecule has 4 aromatic rings. The molecule has 3 amide bonds. The number of ether oxygens (including phenoxy) is 1. The summed E-state index contributed by atoms with van der Waals surface area (Å²) in [6, 6.07) is 25.1. The van der Waals surface area contributed by atoms with E-state index < -0.39 is 53.3 Å². The van der Waals surface area contributed by atoms with Crippen LogP contribution < -0.4 is 10.6 Å². The lowest BCUT2D eigenvalue weighted by molar-refractivity contribution is -0.324. The van der Waals surface area contributed by atoms with Gasteiger partial charge in [0.15, 0.2) is 10.8 Å². The van der Waals surface area contributed by atoms with Gasteiger partial charge in [0.05, 0.1) is 5.92 Å². The minimum Gasteiger partial charge on any atom is -0.446 e. The largest absolute Gasteiger partial charge is 0.446 e.